The van der Waals surface area contributed by atoms with Gasteiger partial charge in [0.15, 0.2) is 6.10 Å². The van der Waals surface area contributed by atoms with E-state index in [2.05, 4.69) is 5.32 Å². The minimum Gasteiger partial charge on any atom is -0.477 e. The Kier molecular flexibility index (Phi) is 9.22. The van der Waals surface area contributed by atoms with Crippen LogP contribution in [0, 0.1) is 0 Å². The molecule has 0 saturated carbocycles. The summed E-state index contributed by atoms with van der Waals surface area (Å²) in [5, 5.41) is 3.30. The fraction of sp³-hybridized carbons (Fsp3) is 0.188. The molecule has 1 heterocycles. The molecule has 42 heavy (non-hydrogen) atoms. The monoisotopic (exact) mass is 603 g/mol. The molecular weight excluding hydrogens is 574 g/mol. The molecule has 1 N–H and O–H groups in total. The zero-order chi connectivity index (χ0) is 29.5. The van der Waals surface area contributed by atoms with Gasteiger partial charge in [0, 0.05) is 18.1 Å². The van der Waals surface area contributed by atoms with Crippen molar-refractivity contribution in [3.05, 3.63) is 125 Å². The third kappa shape index (κ3) is 6.99. The number of hydrogen-bond donors (Lipinski definition) is 1. The zero-order valence-electron chi connectivity index (χ0n) is 22.7. The minimum atomic E-state index is -4.08. The highest BCUT2D eigenvalue weighted by molar-refractivity contribution is 7.89. The Balaban J connectivity index is 1.36. The average molecular weight is 604 g/mol. The van der Waals surface area contributed by atoms with E-state index in [1.54, 1.807) is 36.4 Å². The molecular formula is C32H30ClN3O5S. The van der Waals surface area contributed by atoms with Gasteiger partial charge < -0.3 is 15.0 Å². The molecule has 10 heteroatoms. The smallest absolute Gasteiger partial charge is 0.262 e. The van der Waals surface area contributed by atoms with Crippen molar-refractivity contribution < 1.29 is 22.7 Å². The number of sulfonamides is 1. The van der Waals surface area contributed by atoms with Crippen molar-refractivity contribution in [1.29, 1.82) is 0 Å². The summed E-state index contributed by atoms with van der Waals surface area (Å²) in [6, 6.07) is 31.6. The maximum Gasteiger partial charge on any atom is 0.262 e. The molecule has 2 amide bonds. The second-order valence-electron chi connectivity index (χ2n) is 9.82. The number of para-hydroxylation sites is 2. The van der Waals surface area contributed by atoms with Gasteiger partial charge in [-0.25, -0.2) is 8.42 Å². The number of anilines is 1. The predicted molar refractivity (Wildman–Crippen MR) is 162 cm³/mol. The van der Waals surface area contributed by atoms with E-state index in [-0.39, 0.29) is 23.9 Å². The van der Waals surface area contributed by atoms with Crippen molar-refractivity contribution in [1.82, 2.24) is 9.62 Å². The molecule has 1 atom stereocenters. The molecule has 0 aromatic heterocycles. The number of nitrogens with one attached hydrogen (secondary N) is 1. The number of carbonyl (C=O) groups is 2. The van der Waals surface area contributed by atoms with Gasteiger partial charge in [-0.05, 0) is 53.9 Å². The van der Waals surface area contributed by atoms with Crippen molar-refractivity contribution in [2.24, 2.45) is 0 Å². The summed E-state index contributed by atoms with van der Waals surface area (Å²) >= 11 is 5.99. The number of carbonyl (C=O) groups excluding carboxylic acids is 2. The normalized spacial score (nSPS) is 14.6. The van der Waals surface area contributed by atoms with Crippen LogP contribution in [0.2, 0.25) is 5.02 Å². The standard InChI is InChI=1S/C32H30ClN3O5S/c33-26-15-17-27(18-16-26)42(39,40)35(21-25-11-5-2-6-12-25)23-31(37)36-22-30(41-29-14-8-7-13-28(29)36)32(38)34-20-19-24-9-3-1-4-10-24/h1-18,30H,19-23H2,(H,34,38)/t30-/m0/s1. The fourth-order valence-corrected chi connectivity index (χ4v) is 6.20. The van der Waals surface area contributed by atoms with Crippen LogP contribution >= 0.6 is 11.6 Å². The lowest BCUT2D eigenvalue weighted by atomic mass is 10.1. The van der Waals surface area contributed by atoms with Crippen molar-refractivity contribution in [2.45, 2.75) is 24.0 Å². The lowest BCUT2D eigenvalue weighted by Crippen LogP contribution is -2.53. The number of halogens is 1. The molecule has 0 unspecified atom stereocenters. The first kappa shape index (κ1) is 29.3. The van der Waals surface area contributed by atoms with Crippen LogP contribution in [0.25, 0.3) is 0 Å². The van der Waals surface area contributed by atoms with Crippen LogP contribution in [0.3, 0.4) is 0 Å². The highest BCUT2D eigenvalue weighted by atomic mass is 35.5. The quantitative estimate of drug-likeness (QED) is 0.284. The van der Waals surface area contributed by atoms with E-state index in [0.29, 0.717) is 29.4 Å². The van der Waals surface area contributed by atoms with Gasteiger partial charge in [-0.15, -0.1) is 0 Å². The van der Waals surface area contributed by atoms with Crippen LogP contribution in [-0.2, 0) is 32.6 Å². The summed E-state index contributed by atoms with van der Waals surface area (Å²) in [7, 11) is -4.08. The Labute approximate surface area is 250 Å². The number of nitrogens with zero attached hydrogens (tertiary/aromatic N) is 2. The first-order chi connectivity index (χ1) is 20.3. The van der Waals surface area contributed by atoms with E-state index < -0.39 is 28.6 Å². The number of benzene rings is 4. The Bertz CT molecular complexity index is 1630. The summed E-state index contributed by atoms with van der Waals surface area (Å²) in [6.45, 7) is -0.126. The zero-order valence-corrected chi connectivity index (χ0v) is 24.3. The number of hydrogen-bond acceptors (Lipinski definition) is 5. The second kappa shape index (κ2) is 13.2. The third-order valence-corrected chi connectivity index (χ3v) is 8.95. The number of ether oxygens (including phenoxy) is 1. The molecule has 1 aliphatic heterocycles. The molecule has 0 aliphatic carbocycles. The van der Waals surface area contributed by atoms with Crippen molar-refractivity contribution in [2.75, 3.05) is 24.5 Å². The van der Waals surface area contributed by atoms with Crippen LogP contribution < -0.4 is 15.0 Å². The Hall–Kier alpha value is -4.18. The Morgan fingerprint density at radius 2 is 1.48 bits per heavy atom. The second-order valence-corrected chi connectivity index (χ2v) is 12.2. The number of fused-ring (bicyclic) bond motifs is 1. The van der Waals surface area contributed by atoms with Crippen molar-refractivity contribution in [3.8, 4) is 5.75 Å². The van der Waals surface area contributed by atoms with Crippen LogP contribution in [0.15, 0.2) is 114 Å². The van der Waals surface area contributed by atoms with E-state index in [1.807, 2.05) is 48.5 Å². The molecule has 5 rings (SSSR count). The highest BCUT2D eigenvalue weighted by Gasteiger charge is 2.36. The maximum absolute atomic E-state index is 13.9. The molecule has 8 nitrogen and oxygen atoms in total. The van der Waals surface area contributed by atoms with Gasteiger partial charge in [-0.2, -0.15) is 4.31 Å². The Morgan fingerprint density at radius 3 is 2.17 bits per heavy atom. The topological polar surface area (TPSA) is 96.0 Å². The van der Waals surface area contributed by atoms with Gasteiger partial charge in [0.05, 0.1) is 23.7 Å². The van der Waals surface area contributed by atoms with Crippen LogP contribution in [0.5, 0.6) is 5.75 Å². The maximum atomic E-state index is 13.9. The van der Waals surface area contributed by atoms with Crippen LogP contribution in [-0.4, -0.2) is 50.3 Å². The average Bonchev–Trinajstić information content (AvgIpc) is 3.01. The van der Waals surface area contributed by atoms with Crippen LogP contribution in [0.1, 0.15) is 11.1 Å². The molecule has 4 aromatic carbocycles. The first-order valence-electron chi connectivity index (χ1n) is 13.5. The molecule has 4 aromatic rings. The van der Waals surface area contributed by atoms with E-state index in [1.165, 1.54) is 29.2 Å². The minimum absolute atomic E-state index is 0.0209. The Morgan fingerprint density at radius 1 is 0.857 bits per heavy atom. The molecule has 0 bridgehead atoms. The summed E-state index contributed by atoms with van der Waals surface area (Å²) in [6.07, 6.45) is -0.315. The highest BCUT2D eigenvalue weighted by Crippen LogP contribution is 2.33. The lowest BCUT2D eigenvalue weighted by molar-refractivity contribution is -0.128. The molecule has 0 radical (unpaired) electrons. The fourth-order valence-electron chi connectivity index (χ4n) is 4.70. The summed E-state index contributed by atoms with van der Waals surface area (Å²) < 4.78 is 34.6. The summed E-state index contributed by atoms with van der Waals surface area (Å²) in [4.78, 5) is 28.4. The number of rotatable bonds is 10. The van der Waals surface area contributed by atoms with Gasteiger partial charge in [-0.3, -0.25) is 9.59 Å². The van der Waals surface area contributed by atoms with E-state index in [9.17, 15) is 18.0 Å². The molecule has 1 aliphatic rings. The van der Waals surface area contributed by atoms with Gasteiger partial charge in [0.1, 0.15) is 5.75 Å². The van der Waals surface area contributed by atoms with E-state index >= 15 is 0 Å². The van der Waals surface area contributed by atoms with Gasteiger partial charge in [-0.1, -0.05) is 84.4 Å². The summed E-state index contributed by atoms with van der Waals surface area (Å²) in [5.41, 5.74) is 2.28. The molecule has 0 fully saturated rings. The molecule has 0 saturated heterocycles. The third-order valence-electron chi connectivity index (χ3n) is 6.89. The van der Waals surface area contributed by atoms with E-state index in [4.69, 9.17) is 16.3 Å². The van der Waals surface area contributed by atoms with Gasteiger partial charge >= 0.3 is 0 Å². The predicted octanol–water partition coefficient (Wildman–Crippen LogP) is 4.68. The molecule has 216 valence electrons. The lowest BCUT2D eigenvalue weighted by Gasteiger charge is -2.35. The van der Waals surface area contributed by atoms with Crippen molar-refractivity contribution in [3.63, 3.8) is 0 Å². The molecule has 0 spiro atoms. The summed E-state index contributed by atoms with van der Waals surface area (Å²) in [5.74, 6) is -0.468. The van der Waals surface area contributed by atoms with Crippen molar-refractivity contribution >= 4 is 39.1 Å². The van der Waals surface area contributed by atoms with E-state index in [0.717, 1.165) is 15.4 Å². The SMILES string of the molecule is O=C(NCCc1ccccc1)[C@@H]1CN(C(=O)CN(Cc2ccccc2)S(=O)(=O)c2ccc(Cl)cc2)c2ccccc2O1. The van der Waals surface area contributed by atoms with Crippen LogP contribution in [0.4, 0.5) is 5.69 Å². The first-order valence-corrected chi connectivity index (χ1v) is 15.3. The van der Waals surface area contributed by atoms with Gasteiger partial charge in [0.2, 0.25) is 15.9 Å². The number of amides is 2. The van der Waals surface area contributed by atoms with Gasteiger partial charge in [0.25, 0.3) is 5.91 Å². The largest absolute Gasteiger partial charge is 0.477 e.